The second kappa shape index (κ2) is 26.0. The predicted octanol–water partition coefficient (Wildman–Crippen LogP) is 5.47. The number of thioether (sulfide) groups is 1. The lowest BCUT2D eigenvalue weighted by atomic mass is 10.0. The number of aliphatic hydroxyl groups is 1. The Bertz CT molecular complexity index is 576. The van der Waals surface area contributed by atoms with Gasteiger partial charge in [0.1, 0.15) is 9.84 Å². The van der Waals surface area contributed by atoms with E-state index >= 15 is 0 Å². The molecule has 0 fully saturated rings. The molecule has 0 rings (SSSR count). The fraction of sp³-hybridized carbons (Fsp3) is 1.00. The molecule has 11 heteroatoms. The van der Waals surface area contributed by atoms with Crippen LogP contribution >= 0.6 is 19.6 Å². The molecule has 0 aromatic carbocycles. The summed E-state index contributed by atoms with van der Waals surface area (Å²) in [5.41, 5.74) is 0. The Labute approximate surface area is 219 Å². The van der Waals surface area contributed by atoms with Gasteiger partial charge in [0.05, 0.1) is 25.1 Å². The molecule has 0 aliphatic carbocycles. The van der Waals surface area contributed by atoms with Crippen LogP contribution in [0.15, 0.2) is 0 Å². The lowest BCUT2D eigenvalue weighted by molar-refractivity contribution is 0.0366. The number of hydrogen-bond donors (Lipinski definition) is 4. The highest BCUT2D eigenvalue weighted by Crippen LogP contribution is 2.25. The van der Waals surface area contributed by atoms with Gasteiger partial charge in [0.2, 0.25) is 0 Å². The van der Waals surface area contributed by atoms with E-state index in [1.807, 2.05) is 0 Å². The number of rotatable bonds is 24. The van der Waals surface area contributed by atoms with Crippen LogP contribution in [-0.4, -0.2) is 71.0 Å². The Balaban J connectivity index is 0. The normalized spacial score (nSPS) is 12.9. The molecule has 1 unspecified atom stereocenters. The van der Waals surface area contributed by atoms with Gasteiger partial charge >= 0.3 is 7.82 Å². The minimum atomic E-state index is -4.64. The number of phosphoric acid groups is 1. The molecule has 35 heavy (non-hydrogen) atoms. The third kappa shape index (κ3) is 41.7. The minimum absolute atomic E-state index is 0.0211. The van der Waals surface area contributed by atoms with Crippen LogP contribution in [-0.2, 0) is 19.1 Å². The SMILES string of the molecule is CCCCCCCCCCCCCCCCCCSCC(CO)OCCS(C)(=O)=O.O=P(O)(O)O. The fourth-order valence-corrected chi connectivity index (χ4v) is 4.93. The van der Waals surface area contributed by atoms with E-state index in [0.717, 1.165) is 11.5 Å². The van der Waals surface area contributed by atoms with Gasteiger partial charge in [-0.25, -0.2) is 13.0 Å². The third-order valence-corrected chi connectivity index (χ3v) is 7.55. The highest BCUT2D eigenvalue weighted by molar-refractivity contribution is 7.99. The molecule has 8 nitrogen and oxygen atoms in total. The van der Waals surface area contributed by atoms with Gasteiger partial charge in [0.15, 0.2) is 0 Å². The van der Waals surface area contributed by atoms with E-state index in [1.165, 1.54) is 109 Å². The van der Waals surface area contributed by atoms with Crippen molar-refractivity contribution in [3.05, 3.63) is 0 Å². The molecule has 0 aromatic rings. The largest absolute Gasteiger partial charge is 0.466 e. The maximum Gasteiger partial charge on any atom is 0.466 e. The molecule has 0 aliphatic rings. The van der Waals surface area contributed by atoms with Gasteiger partial charge in [0.25, 0.3) is 0 Å². The molecule has 214 valence electrons. The van der Waals surface area contributed by atoms with Crippen molar-refractivity contribution in [1.82, 2.24) is 0 Å². The van der Waals surface area contributed by atoms with E-state index in [4.69, 9.17) is 24.0 Å². The van der Waals surface area contributed by atoms with E-state index in [9.17, 15) is 13.5 Å². The van der Waals surface area contributed by atoms with E-state index in [-0.39, 0.29) is 25.1 Å². The lowest BCUT2D eigenvalue weighted by Gasteiger charge is -2.14. The first-order valence-corrected chi connectivity index (χ1v) is 18.0. The summed E-state index contributed by atoms with van der Waals surface area (Å²) in [5, 5.41) is 9.31. The maximum atomic E-state index is 11.1. The smallest absolute Gasteiger partial charge is 0.394 e. The van der Waals surface area contributed by atoms with Gasteiger partial charge in [0, 0.05) is 12.0 Å². The first-order chi connectivity index (χ1) is 16.5. The van der Waals surface area contributed by atoms with Crippen molar-refractivity contribution in [3.63, 3.8) is 0 Å². The Hall–Kier alpha value is 0.330. The molecule has 0 heterocycles. The number of hydrogen-bond acceptors (Lipinski definition) is 6. The fourth-order valence-electron chi connectivity index (χ4n) is 3.49. The average molecular weight is 565 g/mol. The zero-order valence-corrected chi connectivity index (χ0v) is 24.6. The Morgan fingerprint density at radius 2 is 1.14 bits per heavy atom. The highest BCUT2D eigenvalue weighted by Gasteiger charge is 2.10. The molecule has 0 aliphatic heterocycles. The minimum Gasteiger partial charge on any atom is -0.394 e. The molecular formula is C24H53O8PS2. The van der Waals surface area contributed by atoms with Gasteiger partial charge in [-0.1, -0.05) is 103 Å². The van der Waals surface area contributed by atoms with Gasteiger partial charge in [-0.05, 0) is 12.2 Å². The lowest BCUT2D eigenvalue weighted by Crippen LogP contribution is -2.24. The van der Waals surface area contributed by atoms with E-state index in [2.05, 4.69) is 6.92 Å². The predicted molar refractivity (Wildman–Crippen MR) is 148 cm³/mol. The van der Waals surface area contributed by atoms with Crippen LogP contribution in [0.1, 0.15) is 110 Å². The van der Waals surface area contributed by atoms with Crippen molar-refractivity contribution in [2.45, 2.75) is 116 Å². The summed E-state index contributed by atoms with van der Waals surface area (Å²) >= 11 is 1.80. The van der Waals surface area contributed by atoms with Gasteiger partial charge < -0.3 is 24.5 Å². The molecule has 0 saturated heterocycles. The summed E-state index contributed by atoms with van der Waals surface area (Å²) < 4.78 is 36.5. The quantitative estimate of drug-likeness (QED) is 0.0886. The first-order valence-electron chi connectivity index (χ1n) is 13.3. The van der Waals surface area contributed by atoms with Gasteiger partial charge in [-0.3, -0.25) is 0 Å². The second-order valence-corrected chi connectivity index (χ2v) is 13.6. The van der Waals surface area contributed by atoms with Crippen LogP contribution < -0.4 is 0 Å². The zero-order chi connectivity index (χ0) is 26.8. The van der Waals surface area contributed by atoms with Crippen molar-refractivity contribution in [2.75, 3.05) is 36.7 Å². The van der Waals surface area contributed by atoms with Crippen LogP contribution in [0.25, 0.3) is 0 Å². The van der Waals surface area contributed by atoms with Crippen molar-refractivity contribution < 1.29 is 37.5 Å². The molecule has 0 amide bonds. The summed E-state index contributed by atoms with van der Waals surface area (Å²) in [6, 6.07) is 0. The number of unbranched alkanes of at least 4 members (excludes halogenated alkanes) is 15. The van der Waals surface area contributed by atoms with Crippen LogP contribution in [0, 0.1) is 0 Å². The number of sulfone groups is 1. The van der Waals surface area contributed by atoms with Crippen LogP contribution in [0.2, 0.25) is 0 Å². The van der Waals surface area contributed by atoms with E-state index in [0.29, 0.717) is 0 Å². The molecule has 0 bridgehead atoms. The molecule has 1 atom stereocenters. The van der Waals surface area contributed by atoms with Crippen LogP contribution in [0.3, 0.4) is 0 Å². The second-order valence-electron chi connectivity index (χ2n) is 9.20. The molecule has 0 aromatic heterocycles. The Morgan fingerprint density at radius 1 is 0.771 bits per heavy atom. The van der Waals surface area contributed by atoms with Crippen LogP contribution in [0.4, 0.5) is 0 Å². The maximum absolute atomic E-state index is 11.1. The summed E-state index contributed by atoms with van der Waals surface area (Å²) in [6.45, 7) is 2.40. The molecule has 0 saturated carbocycles. The first kappa shape index (κ1) is 37.5. The summed E-state index contributed by atoms with van der Waals surface area (Å²) in [6.07, 6.45) is 23.1. The van der Waals surface area contributed by atoms with E-state index < -0.39 is 17.7 Å². The summed E-state index contributed by atoms with van der Waals surface area (Å²) in [5.74, 6) is 1.84. The number of ether oxygens (including phenoxy) is 1. The summed E-state index contributed by atoms with van der Waals surface area (Å²) in [4.78, 5) is 21.6. The zero-order valence-electron chi connectivity index (χ0n) is 22.1. The van der Waals surface area contributed by atoms with Crippen molar-refractivity contribution in [1.29, 1.82) is 0 Å². The molecular weight excluding hydrogens is 511 g/mol. The Morgan fingerprint density at radius 3 is 1.49 bits per heavy atom. The highest BCUT2D eigenvalue weighted by atomic mass is 32.2. The van der Waals surface area contributed by atoms with Crippen molar-refractivity contribution >= 4 is 29.4 Å². The Kier molecular flexibility index (Phi) is 27.8. The standard InChI is InChI=1S/C24H50O4S2.H3O4P/c1-3-4-5-6-7-8-9-10-11-12-13-14-15-16-17-18-20-29-23-24(22-25)28-19-21-30(2,26)27;1-5(2,3)4/h24-25H,3-23H2,1-2H3;(H3,1,2,3,4). The van der Waals surface area contributed by atoms with Crippen molar-refractivity contribution in [3.8, 4) is 0 Å². The molecule has 4 N–H and O–H groups in total. The molecule has 0 radical (unpaired) electrons. The summed E-state index contributed by atoms with van der Waals surface area (Å²) in [7, 11) is -7.63. The van der Waals surface area contributed by atoms with E-state index in [1.54, 1.807) is 11.8 Å². The van der Waals surface area contributed by atoms with Crippen LogP contribution in [0.5, 0.6) is 0 Å². The number of aliphatic hydroxyl groups excluding tert-OH is 1. The van der Waals surface area contributed by atoms with Gasteiger partial charge in [-0.2, -0.15) is 11.8 Å². The molecule has 0 spiro atoms. The monoisotopic (exact) mass is 564 g/mol. The van der Waals surface area contributed by atoms with Gasteiger partial charge in [-0.15, -0.1) is 0 Å². The van der Waals surface area contributed by atoms with Crippen molar-refractivity contribution in [2.24, 2.45) is 0 Å². The topological polar surface area (TPSA) is 141 Å². The average Bonchev–Trinajstić information content (AvgIpc) is 2.75. The third-order valence-electron chi connectivity index (χ3n) is 5.46.